The highest BCUT2D eigenvalue weighted by molar-refractivity contribution is 5.02. The monoisotopic (exact) mass is 252 g/mol. The van der Waals surface area contributed by atoms with Crippen LogP contribution in [0.3, 0.4) is 0 Å². The van der Waals surface area contributed by atoms with Gasteiger partial charge >= 0.3 is 0 Å². The summed E-state index contributed by atoms with van der Waals surface area (Å²) in [5.74, 6) is 0. The smallest absolute Gasteiger partial charge is 0.0756 e. The highest BCUT2D eigenvalue weighted by Crippen LogP contribution is 2.19. The third kappa shape index (κ3) is 4.77. The van der Waals surface area contributed by atoms with Gasteiger partial charge in [-0.05, 0) is 25.8 Å². The average Bonchev–Trinajstić information content (AvgIpc) is 2.82. The van der Waals surface area contributed by atoms with E-state index in [1.54, 1.807) is 0 Å². The van der Waals surface area contributed by atoms with Gasteiger partial charge in [-0.1, -0.05) is 45.2 Å². The van der Waals surface area contributed by atoms with Crippen LogP contribution >= 0.6 is 0 Å². The number of aryl methyl sites for hydroxylation is 1. The fourth-order valence-electron chi connectivity index (χ4n) is 2.19. The van der Waals surface area contributed by atoms with E-state index in [-0.39, 0.29) is 0 Å². The van der Waals surface area contributed by atoms with Gasteiger partial charge in [0.1, 0.15) is 0 Å². The van der Waals surface area contributed by atoms with E-state index in [1.807, 2.05) is 6.20 Å². The Kier molecular flexibility index (Phi) is 7.65. The van der Waals surface area contributed by atoms with Crippen molar-refractivity contribution in [3.05, 3.63) is 11.9 Å². The maximum atomic E-state index is 4.19. The van der Waals surface area contributed by atoms with Gasteiger partial charge in [-0.2, -0.15) is 0 Å². The SMILES string of the molecule is CCCCCC(NCCC)c1cnnn1CCC. The zero-order valence-corrected chi connectivity index (χ0v) is 12.2. The van der Waals surface area contributed by atoms with Crippen LogP contribution in [0.4, 0.5) is 0 Å². The van der Waals surface area contributed by atoms with Gasteiger partial charge in [0.2, 0.25) is 0 Å². The summed E-state index contributed by atoms with van der Waals surface area (Å²) in [6, 6.07) is 0.415. The molecule has 0 aromatic carbocycles. The second-order valence-electron chi connectivity index (χ2n) is 4.88. The van der Waals surface area contributed by atoms with Crippen LogP contribution in [-0.4, -0.2) is 21.5 Å². The summed E-state index contributed by atoms with van der Waals surface area (Å²) in [5.41, 5.74) is 1.25. The largest absolute Gasteiger partial charge is 0.309 e. The molecular formula is C14H28N4. The van der Waals surface area contributed by atoms with Gasteiger partial charge < -0.3 is 5.32 Å². The minimum atomic E-state index is 0.415. The minimum absolute atomic E-state index is 0.415. The van der Waals surface area contributed by atoms with Gasteiger partial charge in [-0.3, -0.25) is 0 Å². The Hall–Kier alpha value is -0.900. The Labute approximate surface area is 111 Å². The number of hydrogen-bond donors (Lipinski definition) is 1. The molecule has 1 aromatic rings. The molecule has 1 unspecified atom stereocenters. The molecular weight excluding hydrogens is 224 g/mol. The van der Waals surface area contributed by atoms with E-state index in [9.17, 15) is 0 Å². The minimum Gasteiger partial charge on any atom is -0.309 e. The molecule has 0 bridgehead atoms. The number of nitrogens with one attached hydrogen (secondary N) is 1. The molecule has 0 aliphatic heterocycles. The van der Waals surface area contributed by atoms with Crippen molar-refractivity contribution in [2.75, 3.05) is 6.54 Å². The van der Waals surface area contributed by atoms with Gasteiger partial charge in [-0.25, -0.2) is 4.68 Å². The molecule has 0 spiro atoms. The number of rotatable bonds is 10. The molecule has 1 atom stereocenters. The Bertz CT molecular complexity index is 308. The summed E-state index contributed by atoms with van der Waals surface area (Å²) in [7, 11) is 0. The van der Waals surface area contributed by atoms with Gasteiger partial charge in [0.15, 0.2) is 0 Å². The average molecular weight is 252 g/mol. The fraction of sp³-hybridized carbons (Fsp3) is 0.857. The molecule has 1 heterocycles. The molecule has 104 valence electrons. The van der Waals surface area contributed by atoms with Crippen molar-refractivity contribution in [2.24, 2.45) is 0 Å². The Morgan fingerprint density at radius 1 is 1.17 bits per heavy atom. The highest BCUT2D eigenvalue weighted by Gasteiger charge is 2.15. The summed E-state index contributed by atoms with van der Waals surface area (Å²) in [5, 5.41) is 11.9. The second kappa shape index (κ2) is 9.09. The second-order valence-corrected chi connectivity index (χ2v) is 4.88. The van der Waals surface area contributed by atoms with Crippen LogP contribution in [0.25, 0.3) is 0 Å². The van der Waals surface area contributed by atoms with Crippen LogP contribution in [0.5, 0.6) is 0 Å². The molecule has 4 heteroatoms. The van der Waals surface area contributed by atoms with E-state index in [0.717, 1.165) is 19.5 Å². The molecule has 1 N–H and O–H groups in total. The van der Waals surface area contributed by atoms with E-state index in [4.69, 9.17) is 0 Å². The van der Waals surface area contributed by atoms with E-state index < -0.39 is 0 Å². The molecule has 0 aliphatic rings. The molecule has 1 rings (SSSR count). The first-order chi connectivity index (χ1) is 8.83. The first-order valence-corrected chi connectivity index (χ1v) is 7.45. The Morgan fingerprint density at radius 2 is 2.00 bits per heavy atom. The lowest BCUT2D eigenvalue weighted by Crippen LogP contribution is -2.25. The molecule has 18 heavy (non-hydrogen) atoms. The standard InChI is InChI=1S/C14H28N4/c1-4-7-8-9-13(15-10-5-2)14-12-16-17-18(14)11-6-3/h12-13,15H,4-11H2,1-3H3. The molecule has 4 nitrogen and oxygen atoms in total. The van der Waals surface area contributed by atoms with Crippen molar-refractivity contribution < 1.29 is 0 Å². The predicted octanol–water partition coefficient (Wildman–Crippen LogP) is 3.31. The molecule has 1 aromatic heterocycles. The van der Waals surface area contributed by atoms with Crippen molar-refractivity contribution in [1.29, 1.82) is 0 Å². The molecule has 0 saturated carbocycles. The lowest BCUT2D eigenvalue weighted by Gasteiger charge is -2.19. The number of aromatic nitrogens is 3. The lowest BCUT2D eigenvalue weighted by atomic mass is 10.1. The van der Waals surface area contributed by atoms with Crippen molar-refractivity contribution in [1.82, 2.24) is 20.3 Å². The fourth-order valence-corrected chi connectivity index (χ4v) is 2.19. The summed E-state index contributed by atoms with van der Waals surface area (Å²) >= 11 is 0. The predicted molar refractivity (Wildman–Crippen MR) is 75.5 cm³/mol. The van der Waals surface area contributed by atoms with Crippen molar-refractivity contribution in [3.63, 3.8) is 0 Å². The Morgan fingerprint density at radius 3 is 2.67 bits per heavy atom. The first-order valence-electron chi connectivity index (χ1n) is 7.45. The third-order valence-corrected chi connectivity index (χ3v) is 3.18. The normalized spacial score (nSPS) is 12.8. The highest BCUT2D eigenvalue weighted by atomic mass is 15.4. The van der Waals surface area contributed by atoms with Gasteiger partial charge in [0.25, 0.3) is 0 Å². The van der Waals surface area contributed by atoms with E-state index in [0.29, 0.717) is 6.04 Å². The maximum Gasteiger partial charge on any atom is 0.0756 e. The number of unbranched alkanes of at least 4 members (excludes halogenated alkanes) is 2. The van der Waals surface area contributed by atoms with E-state index >= 15 is 0 Å². The van der Waals surface area contributed by atoms with Crippen LogP contribution in [0.2, 0.25) is 0 Å². The third-order valence-electron chi connectivity index (χ3n) is 3.18. The number of hydrogen-bond acceptors (Lipinski definition) is 3. The van der Waals surface area contributed by atoms with Crippen molar-refractivity contribution >= 4 is 0 Å². The van der Waals surface area contributed by atoms with Crippen LogP contribution in [-0.2, 0) is 6.54 Å². The quantitative estimate of drug-likeness (QED) is 0.650. The summed E-state index contributed by atoms with van der Waals surface area (Å²) in [6.45, 7) is 8.66. The van der Waals surface area contributed by atoms with Crippen molar-refractivity contribution in [2.45, 2.75) is 71.9 Å². The Balaban J connectivity index is 2.63. The zero-order chi connectivity index (χ0) is 13.2. The maximum absolute atomic E-state index is 4.19. The lowest BCUT2D eigenvalue weighted by molar-refractivity contribution is 0.431. The van der Waals surface area contributed by atoms with Crippen LogP contribution in [0.1, 0.15) is 71.0 Å². The summed E-state index contributed by atoms with van der Waals surface area (Å²) < 4.78 is 2.05. The van der Waals surface area contributed by atoms with Gasteiger partial charge in [-0.15, -0.1) is 5.10 Å². The molecule has 0 fully saturated rings. The molecule has 0 radical (unpaired) electrons. The van der Waals surface area contributed by atoms with E-state index in [1.165, 1.54) is 37.8 Å². The van der Waals surface area contributed by atoms with Gasteiger partial charge in [0.05, 0.1) is 17.9 Å². The van der Waals surface area contributed by atoms with Crippen LogP contribution in [0.15, 0.2) is 6.20 Å². The van der Waals surface area contributed by atoms with Crippen LogP contribution in [0, 0.1) is 0 Å². The topological polar surface area (TPSA) is 42.7 Å². The number of nitrogens with zero attached hydrogens (tertiary/aromatic N) is 3. The van der Waals surface area contributed by atoms with Gasteiger partial charge in [0, 0.05) is 6.54 Å². The van der Waals surface area contributed by atoms with E-state index in [2.05, 4.69) is 41.1 Å². The summed E-state index contributed by atoms with van der Waals surface area (Å²) in [6.07, 6.45) is 9.23. The summed E-state index contributed by atoms with van der Waals surface area (Å²) in [4.78, 5) is 0. The first kappa shape index (κ1) is 15.2. The van der Waals surface area contributed by atoms with Crippen molar-refractivity contribution in [3.8, 4) is 0 Å². The molecule has 0 amide bonds. The molecule has 0 saturated heterocycles. The van der Waals surface area contributed by atoms with Crippen LogP contribution < -0.4 is 5.32 Å². The molecule has 0 aliphatic carbocycles. The zero-order valence-electron chi connectivity index (χ0n) is 12.2.